The molecule has 0 aliphatic carbocycles. The van der Waals surface area contributed by atoms with E-state index in [0.29, 0.717) is 5.75 Å². The smallest absolute Gasteiger partial charge is 0.126 e. The van der Waals surface area contributed by atoms with Crippen molar-refractivity contribution in [1.82, 2.24) is 0 Å². The van der Waals surface area contributed by atoms with E-state index in [4.69, 9.17) is 9.84 Å². The van der Waals surface area contributed by atoms with E-state index in [2.05, 4.69) is 0 Å². The second kappa shape index (κ2) is 4.23. The fraction of sp³-hybridized carbons (Fsp3) is 0.400. The van der Waals surface area contributed by atoms with E-state index >= 15 is 0 Å². The van der Waals surface area contributed by atoms with Gasteiger partial charge in [0.15, 0.2) is 0 Å². The summed E-state index contributed by atoms with van der Waals surface area (Å²) >= 11 is 0. The van der Waals surface area contributed by atoms with Gasteiger partial charge >= 0.3 is 0 Å². The number of halogens is 1. The maximum Gasteiger partial charge on any atom is 0.126 e. The van der Waals surface area contributed by atoms with Crippen molar-refractivity contribution in [3.63, 3.8) is 0 Å². The molecule has 0 aromatic heterocycles. The van der Waals surface area contributed by atoms with Crippen molar-refractivity contribution in [2.75, 3.05) is 0 Å². The van der Waals surface area contributed by atoms with Gasteiger partial charge in [-0.3, -0.25) is 0 Å². The Hall–Kier alpha value is -1.09. The van der Waals surface area contributed by atoms with Crippen molar-refractivity contribution in [1.29, 1.82) is 0 Å². The van der Waals surface area contributed by atoms with Crippen LogP contribution in [0.5, 0.6) is 5.75 Å². The summed E-state index contributed by atoms with van der Waals surface area (Å²) in [4.78, 5) is 0. The van der Waals surface area contributed by atoms with Crippen LogP contribution >= 0.6 is 0 Å². The molecule has 1 aromatic rings. The van der Waals surface area contributed by atoms with E-state index in [1.54, 1.807) is 26.0 Å². The van der Waals surface area contributed by atoms with Crippen molar-refractivity contribution in [3.05, 3.63) is 30.1 Å². The minimum Gasteiger partial charge on any atom is -0.488 e. The van der Waals surface area contributed by atoms with Gasteiger partial charge in [0.2, 0.25) is 0 Å². The molecule has 0 saturated carbocycles. The largest absolute Gasteiger partial charge is 0.488 e. The van der Waals surface area contributed by atoms with Crippen LogP contribution in [0, 0.1) is 5.82 Å². The fourth-order valence-electron chi connectivity index (χ4n) is 0.853. The van der Waals surface area contributed by atoms with E-state index < -0.39 is 6.10 Å². The molecule has 2 atom stereocenters. The van der Waals surface area contributed by atoms with Crippen molar-refractivity contribution in [3.8, 4) is 5.75 Å². The molecule has 72 valence electrons. The highest BCUT2D eigenvalue weighted by atomic mass is 19.1. The van der Waals surface area contributed by atoms with Gasteiger partial charge in [0.05, 0.1) is 6.10 Å². The summed E-state index contributed by atoms with van der Waals surface area (Å²) in [7, 11) is 0. The molecule has 1 N–H and O–H groups in total. The number of rotatable bonds is 3. The van der Waals surface area contributed by atoms with Gasteiger partial charge in [-0.2, -0.15) is 0 Å². The van der Waals surface area contributed by atoms with Gasteiger partial charge in [0, 0.05) is 6.07 Å². The Kier molecular flexibility index (Phi) is 3.25. The third-order valence-corrected chi connectivity index (χ3v) is 1.80. The average molecular weight is 184 g/mol. The van der Waals surface area contributed by atoms with E-state index in [1.165, 1.54) is 12.1 Å². The Bertz CT molecular complexity index is 273. The van der Waals surface area contributed by atoms with Gasteiger partial charge in [-0.15, -0.1) is 0 Å². The first kappa shape index (κ1) is 9.99. The zero-order valence-corrected chi connectivity index (χ0v) is 7.70. The third kappa shape index (κ3) is 3.03. The first-order valence-electron chi connectivity index (χ1n) is 4.20. The molecule has 3 heteroatoms. The van der Waals surface area contributed by atoms with Crippen LogP contribution < -0.4 is 4.74 Å². The quantitative estimate of drug-likeness (QED) is 0.778. The summed E-state index contributed by atoms with van der Waals surface area (Å²) in [5.74, 6) is 0.101. The van der Waals surface area contributed by atoms with Crippen LogP contribution in [0.25, 0.3) is 0 Å². The second-order valence-electron chi connectivity index (χ2n) is 3.02. The lowest BCUT2D eigenvalue weighted by Gasteiger charge is -2.16. The number of benzene rings is 1. The molecule has 0 aliphatic rings. The number of aliphatic hydroxyl groups excluding tert-OH is 1. The first-order valence-corrected chi connectivity index (χ1v) is 4.20. The molecule has 13 heavy (non-hydrogen) atoms. The van der Waals surface area contributed by atoms with Gasteiger partial charge in [0.25, 0.3) is 0 Å². The monoisotopic (exact) mass is 184 g/mol. The maximum absolute atomic E-state index is 12.7. The van der Waals surface area contributed by atoms with Crippen LogP contribution in [0.4, 0.5) is 4.39 Å². The predicted molar refractivity (Wildman–Crippen MR) is 48.2 cm³/mol. The van der Waals surface area contributed by atoms with Crippen molar-refractivity contribution in [2.45, 2.75) is 26.1 Å². The Morgan fingerprint density at radius 3 is 2.62 bits per heavy atom. The highest BCUT2D eigenvalue weighted by Crippen LogP contribution is 2.14. The minimum absolute atomic E-state index is 0.332. The molecule has 0 fully saturated rings. The van der Waals surface area contributed by atoms with Crippen LogP contribution in [-0.4, -0.2) is 17.3 Å². The number of hydrogen-bond acceptors (Lipinski definition) is 2. The van der Waals surface area contributed by atoms with Crippen molar-refractivity contribution >= 4 is 0 Å². The van der Waals surface area contributed by atoms with E-state index in [9.17, 15) is 4.39 Å². The summed E-state index contributed by atoms with van der Waals surface area (Å²) in [6, 6.07) is 5.86. The van der Waals surface area contributed by atoms with E-state index in [0.717, 1.165) is 0 Å². The summed E-state index contributed by atoms with van der Waals surface area (Å²) in [5, 5.41) is 9.13. The lowest BCUT2D eigenvalue weighted by molar-refractivity contribution is 0.0602. The normalized spacial score (nSPS) is 15.1. The highest BCUT2D eigenvalue weighted by molar-refractivity contribution is 5.22. The molecule has 0 radical (unpaired) electrons. The molecule has 0 aliphatic heterocycles. The van der Waals surface area contributed by atoms with Crippen LogP contribution in [-0.2, 0) is 0 Å². The summed E-state index contributed by atoms with van der Waals surface area (Å²) in [6.07, 6.45) is -0.898. The van der Waals surface area contributed by atoms with Crippen molar-refractivity contribution < 1.29 is 14.2 Å². The number of hydrogen-bond donors (Lipinski definition) is 1. The third-order valence-electron chi connectivity index (χ3n) is 1.80. The van der Waals surface area contributed by atoms with Crippen molar-refractivity contribution in [2.24, 2.45) is 0 Å². The molecule has 0 bridgehead atoms. The Morgan fingerprint density at radius 2 is 2.08 bits per heavy atom. The second-order valence-corrected chi connectivity index (χ2v) is 3.02. The Morgan fingerprint density at radius 1 is 1.38 bits per heavy atom. The first-order chi connectivity index (χ1) is 6.09. The van der Waals surface area contributed by atoms with Crippen LogP contribution in [0.3, 0.4) is 0 Å². The highest BCUT2D eigenvalue weighted by Gasteiger charge is 2.09. The van der Waals surface area contributed by atoms with Crippen LogP contribution in [0.1, 0.15) is 13.8 Å². The molecule has 1 aromatic carbocycles. The van der Waals surface area contributed by atoms with Gasteiger partial charge in [-0.05, 0) is 26.0 Å². The maximum atomic E-state index is 12.7. The molecular formula is C10H13FO2. The molecular weight excluding hydrogens is 171 g/mol. The molecule has 1 rings (SSSR count). The standard InChI is InChI=1S/C10H13FO2/c1-7(12)8(2)13-10-5-3-4-9(11)6-10/h3-8,12H,1-2H3/t7-,8?/m1/s1. The number of ether oxygens (including phenoxy) is 1. The molecule has 2 nitrogen and oxygen atoms in total. The average Bonchev–Trinajstić information content (AvgIpc) is 2.04. The zero-order chi connectivity index (χ0) is 9.84. The lowest BCUT2D eigenvalue weighted by Crippen LogP contribution is -2.25. The summed E-state index contributed by atoms with van der Waals surface area (Å²) in [6.45, 7) is 3.36. The number of aliphatic hydroxyl groups is 1. The molecule has 0 heterocycles. The topological polar surface area (TPSA) is 29.5 Å². The predicted octanol–water partition coefficient (Wildman–Crippen LogP) is 1.97. The van der Waals surface area contributed by atoms with E-state index in [1.807, 2.05) is 0 Å². The zero-order valence-electron chi connectivity index (χ0n) is 7.70. The van der Waals surface area contributed by atoms with Gasteiger partial charge in [0.1, 0.15) is 17.7 Å². The molecule has 0 saturated heterocycles. The SMILES string of the molecule is CC(Oc1cccc(F)c1)[C@@H](C)O. The van der Waals surface area contributed by atoms with Gasteiger partial charge in [-0.1, -0.05) is 6.07 Å². The van der Waals surface area contributed by atoms with Gasteiger partial charge in [-0.25, -0.2) is 4.39 Å². The lowest BCUT2D eigenvalue weighted by atomic mass is 10.2. The molecule has 1 unspecified atom stereocenters. The summed E-state index contributed by atoms with van der Waals surface area (Å²) < 4.78 is 17.9. The van der Waals surface area contributed by atoms with Crippen LogP contribution in [0.15, 0.2) is 24.3 Å². The van der Waals surface area contributed by atoms with Gasteiger partial charge < -0.3 is 9.84 Å². The fourth-order valence-corrected chi connectivity index (χ4v) is 0.853. The Labute approximate surface area is 77.0 Å². The van der Waals surface area contributed by atoms with E-state index in [-0.39, 0.29) is 11.9 Å². The summed E-state index contributed by atoms with van der Waals surface area (Å²) in [5.41, 5.74) is 0. The molecule has 0 spiro atoms. The minimum atomic E-state index is -0.566. The molecule has 0 amide bonds. The Balaban J connectivity index is 2.64. The van der Waals surface area contributed by atoms with Crippen LogP contribution in [0.2, 0.25) is 0 Å².